The molecule has 4 heteroatoms. The molecule has 0 heterocycles. The fourth-order valence-electron chi connectivity index (χ4n) is 2.48. The molecule has 0 saturated carbocycles. The van der Waals surface area contributed by atoms with Gasteiger partial charge in [0.25, 0.3) is 0 Å². The number of nitrogens with zero attached hydrogens (tertiary/aromatic N) is 1. The molecule has 2 aromatic carbocycles. The van der Waals surface area contributed by atoms with Gasteiger partial charge in [0.1, 0.15) is 5.82 Å². The zero-order chi connectivity index (χ0) is 16.1. The first-order valence-corrected chi connectivity index (χ1v) is 7.22. The summed E-state index contributed by atoms with van der Waals surface area (Å²) in [6.45, 7) is 2.80. The molecule has 118 valence electrons. The van der Waals surface area contributed by atoms with Crippen molar-refractivity contribution in [1.82, 2.24) is 4.90 Å². The average Bonchev–Trinajstić information content (AvgIpc) is 2.54. The van der Waals surface area contributed by atoms with Crippen molar-refractivity contribution in [3.8, 4) is 11.5 Å². The van der Waals surface area contributed by atoms with Crippen LogP contribution in [0.1, 0.15) is 24.1 Å². The lowest BCUT2D eigenvalue weighted by Crippen LogP contribution is -2.22. The van der Waals surface area contributed by atoms with Crippen molar-refractivity contribution in [3.05, 3.63) is 59.4 Å². The van der Waals surface area contributed by atoms with Gasteiger partial charge in [-0.15, -0.1) is 0 Å². The number of ether oxygens (including phenoxy) is 2. The Morgan fingerprint density at radius 2 is 1.73 bits per heavy atom. The number of halogens is 1. The molecule has 0 saturated heterocycles. The molecule has 1 unspecified atom stereocenters. The summed E-state index contributed by atoms with van der Waals surface area (Å²) in [5.74, 6) is 1.26. The minimum absolute atomic E-state index is 0.163. The highest BCUT2D eigenvalue weighted by Crippen LogP contribution is 2.32. The van der Waals surface area contributed by atoms with Gasteiger partial charge < -0.3 is 9.47 Å². The van der Waals surface area contributed by atoms with Crippen molar-refractivity contribution >= 4 is 0 Å². The molecule has 3 nitrogen and oxygen atoms in total. The number of para-hydroxylation sites is 1. The van der Waals surface area contributed by atoms with Crippen molar-refractivity contribution in [1.29, 1.82) is 0 Å². The average molecular weight is 303 g/mol. The first-order valence-electron chi connectivity index (χ1n) is 7.22. The van der Waals surface area contributed by atoms with E-state index < -0.39 is 0 Å². The van der Waals surface area contributed by atoms with E-state index in [0.29, 0.717) is 6.54 Å². The highest BCUT2D eigenvalue weighted by atomic mass is 19.1. The van der Waals surface area contributed by atoms with Gasteiger partial charge in [-0.25, -0.2) is 4.39 Å². The van der Waals surface area contributed by atoms with Crippen LogP contribution in [0.15, 0.2) is 42.5 Å². The maximum absolute atomic E-state index is 13.0. The minimum atomic E-state index is -0.215. The molecule has 1 atom stereocenters. The van der Waals surface area contributed by atoms with Crippen LogP contribution in [-0.4, -0.2) is 26.2 Å². The Labute approximate surface area is 131 Å². The van der Waals surface area contributed by atoms with Crippen LogP contribution in [0.2, 0.25) is 0 Å². The van der Waals surface area contributed by atoms with Crippen LogP contribution in [0.25, 0.3) is 0 Å². The molecule has 0 aliphatic heterocycles. The van der Waals surface area contributed by atoms with Crippen LogP contribution in [0, 0.1) is 5.82 Å². The van der Waals surface area contributed by atoms with Gasteiger partial charge in [0.2, 0.25) is 0 Å². The highest BCUT2D eigenvalue weighted by Gasteiger charge is 2.16. The predicted molar refractivity (Wildman–Crippen MR) is 85.8 cm³/mol. The standard InChI is InChI=1S/C18H22FNO2/c1-13(14-8-10-16(19)11-9-14)20(2)12-15-6-5-7-17(21-3)18(15)22-4/h5-11,13H,12H2,1-4H3. The zero-order valence-corrected chi connectivity index (χ0v) is 13.5. The molecule has 0 N–H and O–H groups in total. The number of rotatable bonds is 6. The van der Waals surface area contributed by atoms with Crippen LogP contribution in [0.3, 0.4) is 0 Å². The van der Waals surface area contributed by atoms with Gasteiger partial charge in [-0.1, -0.05) is 24.3 Å². The second-order valence-electron chi connectivity index (χ2n) is 5.30. The summed E-state index contributed by atoms with van der Waals surface area (Å²) >= 11 is 0. The van der Waals surface area contributed by atoms with E-state index in [1.165, 1.54) is 12.1 Å². The topological polar surface area (TPSA) is 21.7 Å². The third-order valence-corrected chi connectivity index (χ3v) is 3.92. The Bertz CT molecular complexity index is 613. The normalized spacial score (nSPS) is 12.3. The van der Waals surface area contributed by atoms with Gasteiger partial charge in [-0.05, 0) is 37.7 Å². The molecular formula is C18H22FNO2. The molecule has 0 aliphatic rings. The summed E-state index contributed by atoms with van der Waals surface area (Å²) in [7, 11) is 5.31. The summed E-state index contributed by atoms with van der Waals surface area (Å²) in [6, 6.07) is 12.6. The first-order chi connectivity index (χ1) is 10.6. The number of hydrogen-bond donors (Lipinski definition) is 0. The molecule has 0 fully saturated rings. The number of hydrogen-bond acceptors (Lipinski definition) is 3. The van der Waals surface area contributed by atoms with Crippen LogP contribution in [-0.2, 0) is 6.54 Å². The smallest absolute Gasteiger partial charge is 0.165 e. The summed E-state index contributed by atoms with van der Waals surface area (Å²) in [4.78, 5) is 2.19. The van der Waals surface area contributed by atoms with E-state index in [0.717, 1.165) is 22.6 Å². The number of benzene rings is 2. The quantitative estimate of drug-likeness (QED) is 0.804. The second-order valence-corrected chi connectivity index (χ2v) is 5.30. The fraction of sp³-hybridized carbons (Fsp3) is 0.333. The maximum Gasteiger partial charge on any atom is 0.165 e. The SMILES string of the molecule is COc1cccc(CN(C)C(C)c2ccc(F)cc2)c1OC. The molecule has 0 aromatic heterocycles. The lowest BCUT2D eigenvalue weighted by molar-refractivity contribution is 0.247. The van der Waals surface area contributed by atoms with E-state index in [1.54, 1.807) is 14.2 Å². The number of methoxy groups -OCH3 is 2. The molecular weight excluding hydrogens is 281 g/mol. The second kappa shape index (κ2) is 7.27. The third-order valence-electron chi connectivity index (χ3n) is 3.92. The van der Waals surface area contributed by atoms with Crippen molar-refractivity contribution in [2.45, 2.75) is 19.5 Å². The van der Waals surface area contributed by atoms with Crippen molar-refractivity contribution in [2.75, 3.05) is 21.3 Å². The Kier molecular flexibility index (Phi) is 5.39. The van der Waals surface area contributed by atoms with Gasteiger partial charge >= 0.3 is 0 Å². The summed E-state index contributed by atoms with van der Waals surface area (Å²) in [5.41, 5.74) is 2.13. The predicted octanol–water partition coefficient (Wildman–Crippen LogP) is 4.04. The molecule has 2 rings (SSSR count). The van der Waals surface area contributed by atoms with Crippen molar-refractivity contribution in [2.24, 2.45) is 0 Å². The lowest BCUT2D eigenvalue weighted by atomic mass is 10.1. The van der Waals surface area contributed by atoms with E-state index in [9.17, 15) is 4.39 Å². The Hall–Kier alpha value is -2.07. The largest absolute Gasteiger partial charge is 0.493 e. The summed E-state index contributed by atoms with van der Waals surface area (Å²) in [6.07, 6.45) is 0. The van der Waals surface area contributed by atoms with Crippen LogP contribution in [0.4, 0.5) is 4.39 Å². The van der Waals surface area contributed by atoms with Crippen LogP contribution in [0.5, 0.6) is 11.5 Å². The van der Waals surface area contributed by atoms with E-state index in [4.69, 9.17) is 9.47 Å². The molecule has 0 spiro atoms. The van der Waals surface area contributed by atoms with Gasteiger partial charge in [0, 0.05) is 18.2 Å². The van der Waals surface area contributed by atoms with Gasteiger partial charge in [-0.2, -0.15) is 0 Å². The van der Waals surface area contributed by atoms with Gasteiger partial charge in [-0.3, -0.25) is 4.90 Å². The zero-order valence-electron chi connectivity index (χ0n) is 13.5. The molecule has 22 heavy (non-hydrogen) atoms. The molecule has 0 aliphatic carbocycles. The van der Waals surface area contributed by atoms with E-state index in [2.05, 4.69) is 11.8 Å². The van der Waals surface area contributed by atoms with Gasteiger partial charge in [0.15, 0.2) is 11.5 Å². The molecule has 0 bridgehead atoms. The monoisotopic (exact) mass is 303 g/mol. The minimum Gasteiger partial charge on any atom is -0.493 e. The van der Waals surface area contributed by atoms with E-state index >= 15 is 0 Å². The summed E-state index contributed by atoms with van der Waals surface area (Å²) in [5, 5.41) is 0. The molecule has 2 aromatic rings. The van der Waals surface area contributed by atoms with Crippen LogP contribution >= 0.6 is 0 Å². The Morgan fingerprint density at radius 3 is 2.32 bits per heavy atom. The fourth-order valence-corrected chi connectivity index (χ4v) is 2.48. The Balaban J connectivity index is 2.18. The lowest BCUT2D eigenvalue weighted by Gasteiger charge is -2.26. The molecule has 0 amide bonds. The van der Waals surface area contributed by atoms with Crippen molar-refractivity contribution < 1.29 is 13.9 Å². The first kappa shape index (κ1) is 16.3. The maximum atomic E-state index is 13.0. The van der Waals surface area contributed by atoms with Gasteiger partial charge in [0.05, 0.1) is 14.2 Å². The van der Waals surface area contributed by atoms with Crippen molar-refractivity contribution in [3.63, 3.8) is 0 Å². The highest BCUT2D eigenvalue weighted by molar-refractivity contribution is 5.46. The Morgan fingerprint density at radius 1 is 1.05 bits per heavy atom. The van der Waals surface area contributed by atoms with E-state index in [1.807, 2.05) is 37.4 Å². The van der Waals surface area contributed by atoms with E-state index in [-0.39, 0.29) is 11.9 Å². The van der Waals surface area contributed by atoms with Crippen LogP contribution < -0.4 is 9.47 Å². The third kappa shape index (κ3) is 3.57. The molecule has 0 radical (unpaired) electrons. The summed E-state index contributed by atoms with van der Waals surface area (Å²) < 4.78 is 23.8.